The highest BCUT2D eigenvalue weighted by molar-refractivity contribution is 5.69. The molecule has 0 saturated heterocycles. The molecule has 0 radical (unpaired) electrons. The van der Waals surface area contributed by atoms with Crippen LogP contribution in [0.3, 0.4) is 0 Å². The Morgan fingerprint density at radius 2 is 1.87 bits per heavy atom. The minimum Gasteiger partial charge on any atom is -0.399 e. The van der Waals surface area contributed by atoms with Crippen LogP contribution in [-0.4, -0.2) is 4.98 Å². The standard InChI is InChI=1S/C12H13N3/c1-8-11(5-6-12(14)15-8)9-3-2-4-10(13)7-9/h2-7H,13H2,1H3,(H2,14,15). The van der Waals surface area contributed by atoms with Gasteiger partial charge in [0.1, 0.15) is 5.82 Å². The summed E-state index contributed by atoms with van der Waals surface area (Å²) in [5, 5.41) is 0. The summed E-state index contributed by atoms with van der Waals surface area (Å²) in [7, 11) is 0. The SMILES string of the molecule is Cc1nc(N)ccc1-c1cccc(N)c1. The van der Waals surface area contributed by atoms with E-state index in [0.29, 0.717) is 5.82 Å². The molecule has 0 aliphatic heterocycles. The van der Waals surface area contributed by atoms with Crippen LogP contribution in [0.1, 0.15) is 5.69 Å². The van der Waals surface area contributed by atoms with Gasteiger partial charge < -0.3 is 11.5 Å². The van der Waals surface area contributed by atoms with Crippen LogP contribution in [0.2, 0.25) is 0 Å². The summed E-state index contributed by atoms with van der Waals surface area (Å²) in [6, 6.07) is 11.5. The van der Waals surface area contributed by atoms with Gasteiger partial charge in [-0.15, -0.1) is 0 Å². The first-order valence-corrected chi connectivity index (χ1v) is 4.76. The summed E-state index contributed by atoms with van der Waals surface area (Å²) in [4.78, 5) is 4.22. The van der Waals surface area contributed by atoms with Gasteiger partial charge in [-0.25, -0.2) is 4.98 Å². The summed E-state index contributed by atoms with van der Waals surface area (Å²) >= 11 is 0. The van der Waals surface area contributed by atoms with E-state index in [1.165, 1.54) is 0 Å². The van der Waals surface area contributed by atoms with E-state index in [4.69, 9.17) is 11.5 Å². The number of nitrogen functional groups attached to an aromatic ring is 2. The minimum absolute atomic E-state index is 0.542. The van der Waals surface area contributed by atoms with Gasteiger partial charge in [0.2, 0.25) is 0 Å². The number of hydrogen-bond acceptors (Lipinski definition) is 3. The number of hydrogen-bond donors (Lipinski definition) is 2. The second kappa shape index (κ2) is 3.61. The van der Waals surface area contributed by atoms with Gasteiger partial charge in [0.15, 0.2) is 0 Å². The van der Waals surface area contributed by atoms with Gasteiger partial charge in [0, 0.05) is 16.9 Å². The third-order valence-corrected chi connectivity index (χ3v) is 2.30. The van der Waals surface area contributed by atoms with E-state index in [2.05, 4.69) is 4.98 Å². The number of nitrogens with two attached hydrogens (primary N) is 2. The van der Waals surface area contributed by atoms with Crippen LogP contribution in [0.25, 0.3) is 11.1 Å². The van der Waals surface area contributed by atoms with Crippen LogP contribution in [-0.2, 0) is 0 Å². The molecule has 3 heteroatoms. The molecule has 2 aromatic rings. The summed E-state index contributed by atoms with van der Waals surface area (Å²) in [6.07, 6.45) is 0. The van der Waals surface area contributed by atoms with Crippen LogP contribution in [0.15, 0.2) is 36.4 Å². The van der Waals surface area contributed by atoms with E-state index in [-0.39, 0.29) is 0 Å². The predicted octanol–water partition coefficient (Wildman–Crippen LogP) is 2.22. The molecule has 0 atom stereocenters. The number of pyridine rings is 1. The smallest absolute Gasteiger partial charge is 0.123 e. The molecule has 15 heavy (non-hydrogen) atoms. The maximum atomic E-state index is 5.73. The molecule has 0 aliphatic carbocycles. The Morgan fingerprint density at radius 3 is 2.53 bits per heavy atom. The molecule has 4 N–H and O–H groups in total. The molecule has 0 spiro atoms. The van der Waals surface area contributed by atoms with E-state index >= 15 is 0 Å². The molecule has 0 amide bonds. The molecule has 2 rings (SSSR count). The normalized spacial score (nSPS) is 10.2. The Bertz CT molecular complexity index is 492. The van der Waals surface area contributed by atoms with Crippen molar-refractivity contribution in [1.29, 1.82) is 0 Å². The Kier molecular flexibility index (Phi) is 2.29. The lowest BCUT2D eigenvalue weighted by atomic mass is 10.0. The lowest BCUT2D eigenvalue weighted by Gasteiger charge is -2.06. The van der Waals surface area contributed by atoms with E-state index in [0.717, 1.165) is 22.5 Å². The summed E-state index contributed by atoms with van der Waals surface area (Å²) in [5.74, 6) is 0.542. The molecule has 0 aliphatic rings. The average molecular weight is 199 g/mol. The van der Waals surface area contributed by atoms with Crippen LogP contribution in [0.5, 0.6) is 0 Å². The third kappa shape index (κ3) is 1.91. The number of aromatic nitrogens is 1. The van der Waals surface area contributed by atoms with E-state index in [9.17, 15) is 0 Å². The summed E-state index contributed by atoms with van der Waals surface area (Å²) in [6.45, 7) is 1.94. The van der Waals surface area contributed by atoms with Gasteiger partial charge in [-0.05, 0) is 36.8 Å². The minimum atomic E-state index is 0.542. The second-order valence-corrected chi connectivity index (χ2v) is 3.49. The highest BCUT2D eigenvalue weighted by Gasteiger charge is 2.03. The molecular formula is C12H13N3. The van der Waals surface area contributed by atoms with Crippen molar-refractivity contribution in [2.45, 2.75) is 6.92 Å². The van der Waals surface area contributed by atoms with Crippen molar-refractivity contribution >= 4 is 11.5 Å². The van der Waals surface area contributed by atoms with Crippen molar-refractivity contribution in [3.05, 3.63) is 42.1 Å². The van der Waals surface area contributed by atoms with Crippen molar-refractivity contribution in [3.8, 4) is 11.1 Å². The van der Waals surface area contributed by atoms with Crippen LogP contribution in [0, 0.1) is 6.92 Å². The Hall–Kier alpha value is -2.03. The zero-order valence-electron chi connectivity index (χ0n) is 8.57. The largest absolute Gasteiger partial charge is 0.399 e. The van der Waals surface area contributed by atoms with E-state index < -0.39 is 0 Å². The van der Waals surface area contributed by atoms with Gasteiger partial charge in [0.25, 0.3) is 0 Å². The van der Waals surface area contributed by atoms with E-state index in [1.807, 2.05) is 37.3 Å². The fourth-order valence-electron chi connectivity index (χ4n) is 1.59. The topological polar surface area (TPSA) is 64.9 Å². The fourth-order valence-corrected chi connectivity index (χ4v) is 1.59. The number of benzene rings is 1. The van der Waals surface area contributed by atoms with Crippen LogP contribution < -0.4 is 11.5 Å². The first-order valence-electron chi connectivity index (χ1n) is 4.76. The number of anilines is 2. The molecule has 3 nitrogen and oxygen atoms in total. The monoisotopic (exact) mass is 199 g/mol. The maximum Gasteiger partial charge on any atom is 0.123 e. The van der Waals surface area contributed by atoms with Crippen molar-refractivity contribution in [2.24, 2.45) is 0 Å². The van der Waals surface area contributed by atoms with Gasteiger partial charge >= 0.3 is 0 Å². The zero-order valence-corrected chi connectivity index (χ0v) is 8.57. The third-order valence-electron chi connectivity index (χ3n) is 2.30. The summed E-state index contributed by atoms with van der Waals surface area (Å²) in [5.41, 5.74) is 15.1. The molecule has 0 fully saturated rings. The molecule has 76 valence electrons. The quantitative estimate of drug-likeness (QED) is 0.692. The maximum absolute atomic E-state index is 5.73. The number of nitrogens with zero attached hydrogens (tertiary/aromatic N) is 1. The molecule has 1 aromatic heterocycles. The molecule has 0 bridgehead atoms. The number of rotatable bonds is 1. The fraction of sp³-hybridized carbons (Fsp3) is 0.0833. The van der Waals surface area contributed by atoms with Gasteiger partial charge in [-0.1, -0.05) is 12.1 Å². The average Bonchev–Trinajstić information content (AvgIpc) is 2.17. The van der Waals surface area contributed by atoms with Crippen molar-refractivity contribution < 1.29 is 0 Å². The molecule has 1 aromatic carbocycles. The Labute approximate surface area is 88.8 Å². The lowest BCUT2D eigenvalue weighted by Crippen LogP contribution is -1.94. The van der Waals surface area contributed by atoms with Gasteiger partial charge in [-0.3, -0.25) is 0 Å². The molecular weight excluding hydrogens is 186 g/mol. The van der Waals surface area contributed by atoms with Crippen molar-refractivity contribution in [1.82, 2.24) is 4.98 Å². The Morgan fingerprint density at radius 1 is 1.07 bits per heavy atom. The predicted molar refractivity (Wildman–Crippen MR) is 63.2 cm³/mol. The second-order valence-electron chi connectivity index (χ2n) is 3.49. The van der Waals surface area contributed by atoms with Crippen molar-refractivity contribution in [2.75, 3.05) is 11.5 Å². The highest BCUT2D eigenvalue weighted by atomic mass is 14.8. The molecule has 0 unspecified atom stereocenters. The van der Waals surface area contributed by atoms with Gasteiger partial charge in [-0.2, -0.15) is 0 Å². The first-order chi connectivity index (χ1) is 7.16. The zero-order chi connectivity index (χ0) is 10.8. The van der Waals surface area contributed by atoms with Crippen molar-refractivity contribution in [3.63, 3.8) is 0 Å². The van der Waals surface area contributed by atoms with E-state index in [1.54, 1.807) is 6.07 Å². The van der Waals surface area contributed by atoms with Gasteiger partial charge in [0.05, 0.1) is 0 Å². The number of aryl methyl sites for hydroxylation is 1. The van der Waals surface area contributed by atoms with Crippen LogP contribution >= 0.6 is 0 Å². The molecule has 0 saturated carbocycles. The Balaban J connectivity index is 2.54. The highest BCUT2D eigenvalue weighted by Crippen LogP contribution is 2.24. The van der Waals surface area contributed by atoms with Crippen LogP contribution in [0.4, 0.5) is 11.5 Å². The molecule has 1 heterocycles. The summed E-state index contributed by atoms with van der Waals surface area (Å²) < 4.78 is 0. The first kappa shape index (κ1) is 9.52. The lowest BCUT2D eigenvalue weighted by molar-refractivity contribution is 1.21.